The fraction of sp³-hybridized carbons (Fsp3) is 0.421. The van der Waals surface area contributed by atoms with Crippen LogP contribution in [0.25, 0.3) is 0 Å². The fourth-order valence-electron chi connectivity index (χ4n) is 3.24. The number of piperazine rings is 1. The van der Waals surface area contributed by atoms with Gasteiger partial charge in [-0.2, -0.15) is 5.10 Å². The van der Waals surface area contributed by atoms with E-state index in [1.165, 1.54) is 12.1 Å². The van der Waals surface area contributed by atoms with Gasteiger partial charge in [-0.25, -0.2) is 4.39 Å². The molecule has 0 aliphatic carbocycles. The number of hydrogen-bond acceptors (Lipinski definition) is 4. The van der Waals surface area contributed by atoms with Crippen molar-refractivity contribution in [2.75, 3.05) is 19.6 Å². The van der Waals surface area contributed by atoms with E-state index < -0.39 is 11.9 Å². The van der Waals surface area contributed by atoms with Crippen LogP contribution in [0.2, 0.25) is 5.02 Å². The molecule has 1 fully saturated rings. The van der Waals surface area contributed by atoms with Crippen molar-refractivity contribution >= 4 is 23.4 Å². The Morgan fingerprint density at radius 3 is 2.96 bits per heavy atom. The number of aromatic nitrogens is 2. The minimum Gasteiger partial charge on any atom is -0.356 e. The summed E-state index contributed by atoms with van der Waals surface area (Å²) in [4.78, 5) is 26.5. The summed E-state index contributed by atoms with van der Waals surface area (Å²) in [6, 6.07) is 3.99. The molecule has 0 spiro atoms. The van der Waals surface area contributed by atoms with Crippen molar-refractivity contribution in [1.82, 2.24) is 25.3 Å². The van der Waals surface area contributed by atoms with Crippen molar-refractivity contribution in [2.24, 2.45) is 7.05 Å². The first-order valence-corrected chi connectivity index (χ1v) is 9.50. The molecule has 1 atom stereocenters. The van der Waals surface area contributed by atoms with Gasteiger partial charge in [-0.3, -0.25) is 19.2 Å². The molecule has 0 radical (unpaired) electrons. The fourth-order valence-corrected chi connectivity index (χ4v) is 3.36. The van der Waals surface area contributed by atoms with Crippen LogP contribution in [-0.2, 0) is 29.6 Å². The number of nitrogens with zero attached hydrogens (tertiary/aromatic N) is 3. The molecule has 1 saturated heterocycles. The van der Waals surface area contributed by atoms with E-state index in [2.05, 4.69) is 15.7 Å². The van der Waals surface area contributed by atoms with Crippen molar-refractivity contribution in [3.63, 3.8) is 0 Å². The van der Waals surface area contributed by atoms with Gasteiger partial charge in [-0.15, -0.1) is 0 Å². The van der Waals surface area contributed by atoms with Crippen molar-refractivity contribution in [3.05, 3.63) is 52.6 Å². The number of halogens is 2. The molecular weight excluding hydrogens is 385 g/mol. The van der Waals surface area contributed by atoms with Crippen molar-refractivity contribution < 1.29 is 14.0 Å². The highest BCUT2D eigenvalue weighted by Crippen LogP contribution is 2.19. The third-order valence-electron chi connectivity index (χ3n) is 4.68. The number of carbonyl (C=O) groups is 2. The van der Waals surface area contributed by atoms with Crippen LogP contribution in [0.4, 0.5) is 4.39 Å². The molecule has 9 heteroatoms. The maximum atomic E-state index is 13.7. The Labute approximate surface area is 167 Å². The van der Waals surface area contributed by atoms with Gasteiger partial charge >= 0.3 is 0 Å². The second-order valence-corrected chi connectivity index (χ2v) is 7.26. The molecule has 28 heavy (non-hydrogen) atoms. The highest BCUT2D eigenvalue weighted by Gasteiger charge is 2.31. The first kappa shape index (κ1) is 20.3. The van der Waals surface area contributed by atoms with Gasteiger partial charge in [-0.1, -0.05) is 17.7 Å². The molecule has 2 heterocycles. The van der Waals surface area contributed by atoms with Crippen LogP contribution in [0.5, 0.6) is 0 Å². The molecule has 150 valence electrons. The number of benzene rings is 1. The molecule has 3 rings (SSSR count). The number of rotatable bonds is 7. The average Bonchev–Trinajstić information content (AvgIpc) is 3.06. The second-order valence-electron chi connectivity index (χ2n) is 6.85. The number of amides is 2. The Balaban J connectivity index is 1.56. The highest BCUT2D eigenvalue weighted by molar-refractivity contribution is 6.30. The Kier molecular flexibility index (Phi) is 6.64. The molecule has 2 amide bonds. The summed E-state index contributed by atoms with van der Waals surface area (Å²) in [5.74, 6) is -0.883. The smallest absolute Gasteiger partial charge is 0.237 e. The van der Waals surface area contributed by atoms with E-state index in [0.29, 0.717) is 38.2 Å². The third kappa shape index (κ3) is 5.30. The minimum absolute atomic E-state index is 0.0505. The van der Waals surface area contributed by atoms with E-state index >= 15 is 0 Å². The lowest BCUT2D eigenvalue weighted by atomic mass is 10.1. The third-order valence-corrected chi connectivity index (χ3v) is 4.99. The molecule has 2 aromatic rings. The van der Waals surface area contributed by atoms with Crippen LogP contribution < -0.4 is 10.6 Å². The van der Waals surface area contributed by atoms with E-state index in [1.54, 1.807) is 16.9 Å². The van der Waals surface area contributed by atoms with Gasteiger partial charge in [0.2, 0.25) is 11.8 Å². The van der Waals surface area contributed by atoms with Crippen LogP contribution >= 0.6 is 11.6 Å². The molecule has 7 nitrogen and oxygen atoms in total. The zero-order chi connectivity index (χ0) is 20.1. The van der Waals surface area contributed by atoms with Gasteiger partial charge in [0.15, 0.2) is 0 Å². The molecular formula is C19H23ClFN5O2. The summed E-state index contributed by atoms with van der Waals surface area (Å²) in [7, 11) is 1.84. The monoisotopic (exact) mass is 407 g/mol. The van der Waals surface area contributed by atoms with Gasteiger partial charge in [0, 0.05) is 39.4 Å². The number of hydrogen-bond donors (Lipinski definition) is 2. The Bertz CT molecular complexity index is 857. The number of aryl methyl sites for hydroxylation is 1. The second kappa shape index (κ2) is 9.16. The van der Waals surface area contributed by atoms with Crippen LogP contribution in [0.15, 0.2) is 30.6 Å². The summed E-state index contributed by atoms with van der Waals surface area (Å²) in [6.45, 7) is 1.92. The molecule has 1 aromatic carbocycles. The summed E-state index contributed by atoms with van der Waals surface area (Å²) < 4.78 is 15.4. The molecule has 2 N–H and O–H groups in total. The van der Waals surface area contributed by atoms with Crippen LogP contribution in [0, 0.1) is 5.82 Å². The van der Waals surface area contributed by atoms with Crippen molar-refractivity contribution in [2.45, 2.75) is 25.4 Å². The van der Waals surface area contributed by atoms with Crippen molar-refractivity contribution in [3.8, 4) is 0 Å². The SMILES string of the molecule is Cn1cc(CCNC(=O)CC2C(=O)NCCN2Cc2ccc(Cl)c(F)c2)cn1. The minimum atomic E-state index is -0.592. The normalized spacial score (nSPS) is 17.4. The van der Waals surface area contributed by atoms with Crippen molar-refractivity contribution in [1.29, 1.82) is 0 Å². The quantitative estimate of drug-likeness (QED) is 0.724. The molecule has 1 aromatic heterocycles. The van der Waals surface area contributed by atoms with Gasteiger partial charge in [-0.05, 0) is 29.7 Å². The molecule has 1 aliphatic rings. The van der Waals surface area contributed by atoms with Gasteiger partial charge in [0.1, 0.15) is 5.82 Å². The van der Waals surface area contributed by atoms with E-state index in [0.717, 1.165) is 5.56 Å². The number of carbonyl (C=O) groups excluding carboxylic acids is 2. The highest BCUT2D eigenvalue weighted by atomic mass is 35.5. The summed E-state index contributed by atoms with van der Waals surface area (Å²) >= 11 is 5.73. The topological polar surface area (TPSA) is 79.3 Å². The molecule has 1 aliphatic heterocycles. The van der Waals surface area contributed by atoms with E-state index in [-0.39, 0.29) is 23.3 Å². The average molecular weight is 408 g/mol. The maximum Gasteiger partial charge on any atom is 0.237 e. The zero-order valence-electron chi connectivity index (χ0n) is 15.6. The Morgan fingerprint density at radius 1 is 1.43 bits per heavy atom. The first-order chi connectivity index (χ1) is 13.4. The Hall–Kier alpha value is -2.45. The first-order valence-electron chi connectivity index (χ1n) is 9.12. The molecule has 1 unspecified atom stereocenters. The van der Waals surface area contributed by atoms with E-state index in [9.17, 15) is 14.0 Å². The van der Waals surface area contributed by atoms with E-state index in [1.807, 2.05) is 18.1 Å². The predicted molar refractivity (Wildman–Crippen MR) is 103 cm³/mol. The maximum absolute atomic E-state index is 13.7. The lowest BCUT2D eigenvalue weighted by Gasteiger charge is -2.34. The van der Waals surface area contributed by atoms with E-state index in [4.69, 9.17) is 11.6 Å². The van der Waals surface area contributed by atoms with Crippen LogP contribution in [0.1, 0.15) is 17.5 Å². The van der Waals surface area contributed by atoms with Gasteiger partial charge in [0.05, 0.1) is 23.7 Å². The molecule has 0 saturated carbocycles. The summed E-state index contributed by atoms with van der Waals surface area (Å²) in [5.41, 5.74) is 1.74. The molecule has 0 bridgehead atoms. The van der Waals surface area contributed by atoms with Crippen LogP contribution in [-0.4, -0.2) is 52.2 Å². The standard InChI is InChI=1S/C19H23ClFN5O2/c1-25-11-14(10-24-25)4-5-22-18(27)9-17-19(28)23-6-7-26(17)12-13-2-3-15(20)16(21)8-13/h2-3,8,10-11,17H,4-7,9,12H2,1H3,(H,22,27)(H,23,28). The van der Waals surface area contributed by atoms with Gasteiger partial charge in [0.25, 0.3) is 0 Å². The summed E-state index contributed by atoms with van der Waals surface area (Å²) in [6.07, 6.45) is 4.38. The Morgan fingerprint density at radius 2 is 2.25 bits per heavy atom. The van der Waals surface area contributed by atoms with Gasteiger partial charge < -0.3 is 10.6 Å². The lowest BCUT2D eigenvalue weighted by molar-refractivity contribution is -0.134. The summed E-state index contributed by atoms with van der Waals surface area (Å²) in [5, 5.41) is 9.79. The predicted octanol–water partition coefficient (Wildman–Crippen LogP) is 1.26. The lowest BCUT2D eigenvalue weighted by Crippen LogP contribution is -2.56. The number of nitrogens with one attached hydrogen (secondary N) is 2. The van der Waals surface area contributed by atoms with Crippen LogP contribution in [0.3, 0.4) is 0 Å². The zero-order valence-corrected chi connectivity index (χ0v) is 16.4. The largest absolute Gasteiger partial charge is 0.356 e.